The highest BCUT2D eigenvalue weighted by atomic mass is 16.2. The van der Waals surface area contributed by atoms with Crippen LogP contribution in [0.3, 0.4) is 0 Å². The molecule has 0 radical (unpaired) electrons. The summed E-state index contributed by atoms with van der Waals surface area (Å²) in [5, 5.41) is 5.48. The van der Waals surface area contributed by atoms with E-state index in [1.54, 1.807) is 0 Å². The molecular weight excluding hydrogens is 498 g/mol. The Bertz CT molecular complexity index is 1370. The summed E-state index contributed by atoms with van der Waals surface area (Å²) < 4.78 is 0. The predicted octanol–water partition coefficient (Wildman–Crippen LogP) is 5.82. The van der Waals surface area contributed by atoms with Crippen LogP contribution in [-0.4, -0.2) is 35.2 Å². The van der Waals surface area contributed by atoms with E-state index in [0.29, 0.717) is 38.3 Å². The van der Waals surface area contributed by atoms with E-state index >= 15 is 0 Å². The molecule has 3 atom stereocenters. The van der Waals surface area contributed by atoms with Gasteiger partial charge in [-0.1, -0.05) is 80.8 Å². The highest BCUT2D eigenvalue weighted by molar-refractivity contribution is 5.91. The number of hydrogen-bond donors (Lipinski definition) is 2. The minimum absolute atomic E-state index is 0.0433. The number of benzene rings is 3. The number of carbonyl (C=O) groups is 3. The number of rotatable bonds is 11. The molecule has 2 fully saturated rings. The van der Waals surface area contributed by atoms with Crippen LogP contribution >= 0.6 is 0 Å². The number of hydrogen-bond acceptors (Lipinski definition) is 3. The second kappa shape index (κ2) is 12.7. The SMILES string of the molecule is CCCC(C(N)=O)C(CC1CC1)C(=O)N[C@H]1CCCCN(Cc2cccc(-c3ccc4ccccc4c3)c2)C1=O. The molecule has 3 amide bonds. The molecule has 5 rings (SSSR count). The van der Waals surface area contributed by atoms with Crippen LogP contribution < -0.4 is 11.1 Å². The largest absolute Gasteiger partial charge is 0.369 e. The van der Waals surface area contributed by atoms with Gasteiger partial charge in [-0.15, -0.1) is 0 Å². The molecule has 3 aromatic rings. The Labute approximate surface area is 237 Å². The summed E-state index contributed by atoms with van der Waals surface area (Å²) in [4.78, 5) is 41.4. The molecule has 2 unspecified atom stereocenters. The van der Waals surface area contributed by atoms with E-state index in [0.717, 1.165) is 48.8 Å². The monoisotopic (exact) mass is 539 g/mol. The third kappa shape index (κ3) is 6.72. The maximum Gasteiger partial charge on any atom is 0.245 e. The van der Waals surface area contributed by atoms with E-state index in [9.17, 15) is 14.4 Å². The van der Waals surface area contributed by atoms with Crippen LogP contribution in [0.25, 0.3) is 21.9 Å². The molecule has 0 bridgehead atoms. The molecule has 1 saturated heterocycles. The van der Waals surface area contributed by atoms with Gasteiger partial charge in [-0.2, -0.15) is 0 Å². The molecule has 1 heterocycles. The second-order valence-corrected chi connectivity index (χ2v) is 11.7. The first-order chi connectivity index (χ1) is 19.4. The Hall–Kier alpha value is -3.67. The van der Waals surface area contributed by atoms with Crippen molar-refractivity contribution in [3.05, 3.63) is 72.3 Å². The molecule has 6 heteroatoms. The van der Waals surface area contributed by atoms with Crippen molar-refractivity contribution in [2.75, 3.05) is 6.54 Å². The molecule has 40 heavy (non-hydrogen) atoms. The fraction of sp³-hybridized carbons (Fsp3) is 0.441. The van der Waals surface area contributed by atoms with Gasteiger partial charge in [0, 0.05) is 24.9 Å². The number of nitrogens with one attached hydrogen (secondary N) is 1. The van der Waals surface area contributed by atoms with Crippen molar-refractivity contribution in [1.82, 2.24) is 10.2 Å². The van der Waals surface area contributed by atoms with Gasteiger partial charge in [0.05, 0.1) is 0 Å². The van der Waals surface area contributed by atoms with Gasteiger partial charge in [-0.05, 0) is 77.6 Å². The molecule has 1 aliphatic carbocycles. The average Bonchev–Trinajstić information content (AvgIpc) is 3.80. The molecule has 1 saturated carbocycles. The van der Waals surface area contributed by atoms with Crippen LogP contribution in [0.15, 0.2) is 66.7 Å². The van der Waals surface area contributed by atoms with Crippen molar-refractivity contribution >= 4 is 28.5 Å². The summed E-state index contributed by atoms with van der Waals surface area (Å²) in [6, 6.07) is 22.6. The zero-order chi connectivity index (χ0) is 28.1. The van der Waals surface area contributed by atoms with Gasteiger partial charge in [0.1, 0.15) is 6.04 Å². The molecule has 0 aromatic heterocycles. The molecule has 0 spiro atoms. The number of amides is 3. The Morgan fingerprint density at radius 1 is 0.925 bits per heavy atom. The second-order valence-electron chi connectivity index (χ2n) is 11.7. The number of fused-ring (bicyclic) bond motifs is 1. The van der Waals surface area contributed by atoms with Gasteiger partial charge in [-0.3, -0.25) is 14.4 Å². The van der Waals surface area contributed by atoms with Gasteiger partial charge in [0.2, 0.25) is 17.7 Å². The Balaban J connectivity index is 1.29. The van der Waals surface area contributed by atoms with Crippen molar-refractivity contribution in [2.45, 2.75) is 70.9 Å². The first-order valence-electron chi connectivity index (χ1n) is 14.9. The minimum Gasteiger partial charge on any atom is -0.369 e. The fourth-order valence-electron chi connectivity index (χ4n) is 6.13. The Morgan fingerprint density at radius 2 is 1.70 bits per heavy atom. The zero-order valence-electron chi connectivity index (χ0n) is 23.5. The molecule has 3 aromatic carbocycles. The molecule has 210 valence electrons. The van der Waals surface area contributed by atoms with E-state index in [1.165, 1.54) is 10.8 Å². The zero-order valence-corrected chi connectivity index (χ0v) is 23.5. The van der Waals surface area contributed by atoms with Crippen LogP contribution in [-0.2, 0) is 20.9 Å². The summed E-state index contributed by atoms with van der Waals surface area (Å²) >= 11 is 0. The molecule has 2 aliphatic rings. The number of primary amides is 1. The first-order valence-corrected chi connectivity index (χ1v) is 14.9. The molecular formula is C34H41N3O3. The highest BCUT2D eigenvalue weighted by Crippen LogP contribution is 2.38. The van der Waals surface area contributed by atoms with Crippen LogP contribution in [0.2, 0.25) is 0 Å². The third-order valence-corrected chi connectivity index (χ3v) is 8.55. The number of carbonyl (C=O) groups excluding carboxylic acids is 3. The smallest absolute Gasteiger partial charge is 0.245 e. The normalized spacial score (nSPS) is 19.2. The van der Waals surface area contributed by atoms with Gasteiger partial charge in [0.25, 0.3) is 0 Å². The van der Waals surface area contributed by atoms with Gasteiger partial charge >= 0.3 is 0 Å². The number of nitrogens with two attached hydrogens (primary N) is 1. The van der Waals surface area contributed by atoms with Crippen molar-refractivity contribution in [3.63, 3.8) is 0 Å². The molecule has 3 N–H and O–H groups in total. The molecule has 6 nitrogen and oxygen atoms in total. The Morgan fingerprint density at radius 3 is 2.45 bits per heavy atom. The summed E-state index contributed by atoms with van der Waals surface area (Å²) in [5.74, 6) is -1.12. The van der Waals surface area contributed by atoms with E-state index in [-0.39, 0.29) is 11.8 Å². The van der Waals surface area contributed by atoms with E-state index < -0.39 is 23.8 Å². The lowest BCUT2D eigenvalue weighted by molar-refractivity contribution is -0.139. The van der Waals surface area contributed by atoms with E-state index in [4.69, 9.17) is 5.73 Å². The number of nitrogens with zero attached hydrogens (tertiary/aromatic N) is 1. The van der Waals surface area contributed by atoms with Crippen LogP contribution in [0.1, 0.15) is 63.9 Å². The van der Waals surface area contributed by atoms with Crippen LogP contribution in [0, 0.1) is 17.8 Å². The summed E-state index contributed by atoms with van der Waals surface area (Å²) in [5.41, 5.74) is 9.06. The maximum atomic E-state index is 13.7. The summed E-state index contributed by atoms with van der Waals surface area (Å²) in [6.07, 6.45) is 6.62. The Kier molecular flexibility index (Phi) is 8.83. The van der Waals surface area contributed by atoms with Crippen molar-refractivity contribution < 1.29 is 14.4 Å². The van der Waals surface area contributed by atoms with Crippen LogP contribution in [0.4, 0.5) is 0 Å². The van der Waals surface area contributed by atoms with Gasteiger partial charge in [0.15, 0.2) is 0 Å². The maximum absolute atomic E-state index is 13.7. The lowest BCUT2D eigenvalue weighted by Crippen LogP contribution is -2.50. The number of likely N-dealkylation sites (tertiary alicyclic amines) is 1. The lowest BCUT2D eigenvalue weighted by atomic mass is 9.83. The third-order valence-electron chi connectivity index (χ3n) is 8.55. The van der Waals surface area contributed by atoms with E-state index in [2.05, 4.69) is 59.9 Å². The molecule has 1 aliphatic heterocycles. The van der Waals surface area contributed by atoms with Gasteiger partial charge in [-0.25, -0.2) is 0 Å². The van der Waals surface area contributed by atoms with Crippen LogP contribution in [0.5, 0.6) is 0 Å². The van der Waals surface area contributed by atoms with Crippen molar-refractivity contribution in [2.24, 2.45) is 23.5 Å². The van der Waals surface area contributed by atoms with Crippen molar-refractivity contribution in [3.8, 4) is 11.1 Å². The standard InChI is InChI=1S/C34H41N3O3/c1-2-8-29(32(35)38)30(20-23-14-15-23)33(39)36-31-13-5-6-18-37(34(31)40)22-24-9-7-12-26(19-24)28-17-16-25-10-3-4-11-27(25)21-28/h3-4,7,9-12,16-17,19,21,23,29-31H,2,5-6,8,13-15,18,20,22H2,1H3,(H2,35,38)(H,36,39)/t29?,30?,31-/m0/s1. The van der Waals surface area contributed by atoms with E-state index in [1.807, 2.05) is 24.0 Å². The quantitative estimate of drug-likeness (QED) is 0.321. The topological polar surface area (TPSA) is 92.5 Å². The fourth-order valence-corrected chi connectivity index (χ4v) is 6.13. The minimum atomic E-state index is -0.574. The summed E-state index contributed by atoms with van der Waals surface area (Å²) in [7, 11) is 0. The van der Waals surface area contributed by atoms with Gasteiger partial charge < -0.3 is 16.0 Å². The lowest BCUT2D eigenvalue weighted by Gasteiger charge is -2.28. The first kappa shape index (κ1) is 27.9. The summed E-state index contributed by atoms with van der Waals surface area (Å²) in [6.45, 7) is 3.16. The highest BCUT2D eigenvalue weighted by Gasteiger charge is 2.38. The average molecular weight is 540 g/mol. The van der Waals surface area contributed by atoms with Crippen molar-refractivity contribution in [1.29, 1.82) is 0 Å². The predicted molar refractivity (Wildman–Crippen MR) is 159 cm³/mol.